The molecule has 0 amide bonds. The van der Waals surface area contributed by atoms with Gasteiger partial charge in [-0.25, -0.2) is 0 Å². The molecule has 2 saturated heterocycles. The zero-order valence-electron chi connectivity index (χ0n) is 7.88. The van der Waals surface area contributed by atoms with Gasteiger partial charge in [0, 0.05) is 19.2 Å². The molecule has 2 rings (SSSR count). The van der Waals surface area contributed by atoms with E-state index in [4.69, 9.17) is 4.74 Å². The van der Waals surface area contributed by atoms with E-state index in [0.717, 1.165) is 12.5 Å². The number of hydrogen-bond donors (Lipinski definition) is 1. The van der Waals surface area contributed by atoms with Crippen molar-refractivity contribution in [2.75, 3.05) is 13.2 Å². The van der Waals surface area contributed by atoms with Crippen LogP contribution in [0, 0.1) is 5.92 Å². The molecule has 0 bridgehead atoms. The standard InChI is InChI=1S/C10H19NO/c1-8-6-9(7-11-8)10-4-2-3-5-12-10/h8-11H,2-7H2,1H3. The van der Waals surface area contributed by atoms with Gasteiger partial charge in [-0.3, -0.25) is 0 Å². The van der Waals surface area contributed by atoms with Gasteiger partial charge in [0.15, 0.2) is 0 Å². The molecule has 0 aromatic rings. The molecule has 0 saturated carbocycles. The van der Waals surface area contributed by atoms with Gasteiger partial charge in [-0.1, -0.05) is 0 Å². The second kappa shape index (κ2) is 3.75. The average molecular weight is 169 g/mol. The molecule has 0 aliphatic carbocycles. The molecule has 0 radical (unpaired) electrons. The van der Waals surface area contributed by atoms with Gasteiger partial charge in [0.05, 0.1) is 6.10 Å². The van der Waals surface area contributed by atoms with Crippen LogP contribution in [0.1, 0.15) is 32.6 Å². The minimum atomic E-state index is 0.566. The van der Waals surface area contributed by atoms with Crippen molar-refractivity contribution in [3.63, 3.8) is 0 Å². The van der Waals surface area contributed by atoms with Crippen LogP contribution in [0.15, 0.2) is 0 Å². The van der Waals surface area contributed by atoms with Crippen molar-refractivity contribution in [3.8, 4) is 0 Å². The van der Waals surface area contributed by atoms with Gasteiger partial charge in [0.2, 0.25) is 0 Å². The molecule has 2 aliphatic rings. The molecular weight excluding hydrogens is 150 g/mol. The van der Waals surface area contributed by atoms with Gasteiger partial charge >= 0.3 is 0 Å². The van der Waals surface area contributed by atoms with E-state index >= 15 is 0 Å². The first-order valence-electron chi connectivity index (χ1n) is 5.21. The van der Waals surface area contributed by atoms with E-state index in [-0.39, 0.29) is 0 Å². The van der Waals surface area contributed by atoms with E-state index in [1.165, 1.54) is 32.2 Å². The SMILES string of the molecule is CC1CC(C2CCCCO2)CN1. The Morgan fingerprint density at radius 3 is 2.83 bits per heavy atom. The molecule has 2 heteroatoms. The van der Waals surface area contributed by atoms with Crippen molar-refractivity contribution < 1.29 is 4.74 Å². The fraction of sp³-hybridized carbons (Fsp3) is 1.00. The second-order valence-electron chi connectivity index (χ2n) is 4.21. The predicted molar refractivity (Wildman–Crippen MR) is 49.2 cm³/mol. The first-order chi connectivity index (χ1) is 5.86. The fourth-order valence-electron chi connectivity index (χ4n) is 2.39. The molecule has 70 valence electrons. The number of nitrogens with one attached hydrogen (secondary N) is 1. The molecule has 2 aliphatic heterocycles. The molecule has 2 heterocycles. The Morgan fingerprint density at radius 2 is 2.25 bits per heavy atom. The molecular formula is C10H19NO. The molecule has 2 nitrogen and oxygen atoms in total. The van der Waals surface area contributed by atoms with Crippen molar-refractivity contribution in [2.24, 2.45) is 5.92 Å². The number of rotatable bonds is 1. The Kier molecular flexibility index (Phi) is 2.66. The summed E-state index contributed by atoms with van der Waals surface area (Å²) in [7, 11) is 0. The lowest BCUT2D eigenvalue weighted by atomic mass is 9.94. The zero-order valence-corrected chi connectivity index (χ0v) is 7.88. The highest BCUT2D eigenvalue weighted by Gasteiger charge is 2.29. The van der Waals surface area contributed by atoms with Gasteiger partial charge in [-0.05, 0) is 38.5 Å². The highest BCUT2D eigenvalue weighted by molar-refractivity contribution is 4.84. The van der Waals surface area contributed by atoms with Gasteiger partial charge in [0.1, 0.15) is 0 Å². The molecule has 1 N–H and O–H groups in total. The largest absolute Gasteiger partial charge is 0.378 e. The summed E-state index contributed by atoms with van der Waals surface area (Å²) in [4.78, 5) is 0. The maximum atomic E-state index is 5.77. The lowest BCUT2D eigenvalue weighted by Gasteiger charge is -2.27. The Bertz CT molecular complexity index is 140. The summed E-state index contributed by atoms with van der Waals surface area (Å²) in [6.45, 7) is 4.43. The van der Waals surface area contributed by atoms with Crippen LogP contribution >= 0.6 is 0 Å². The molecule has 0 aromatic heterocycles. The third kappa shape index (κ3) is 1.80. The lowest BCUT2D eigenvalue weighted by molar-refractivity contribution is -0.0162. The molecule has 3 atom stereocenters. The average Bonchev–Trinajstić information content (AvgIpc) is 2.54. The summed E-state index contributed by atoms with van der Waals surface area (Å²) >= 11 is 0. The van der Waals surface area contributed by atoms with Crippen LogP contribution in [0.4, 0.5) is 0 Å². The molecule has 0 spiro atoms. The minimum Gasteiger partial charge on any atom is -0.378 e. The van der Waals surface area contributed by atoms with Crippen LogP contribution in [-0.2, 0) is 4.74 Å². The van der Waals surface area contributed by atoms with Crippen molar-refractivity contribution in [1.29, 1.82) is 0 Å². The van der Waals surface area contributed by atoms with Crippen LogP contribution in [-0.4, -0.2) is 25.3 Å². The van der Waals surface area contributed by atoms with E-state index in [2.05, 4.69) is 12.2 Å². The highest BCUT2D eigenvalue weighted by atomic mass is 16.5. The summed E-state index contributed by atoms with van der Waals surface area (Å²) in [5.74, 6) is 0.792. The van der Waals surface area contributed by atoms with Gasteiger partial charge in [-0.15, -0.1) is 0 Å². The Morgan fingerprint density at radius 1 is 1.33 bits per heavy atom. The van der Waals surface area contributed by atoms with E-state index in [1.807, 2.05) is 0 Å². The quantitative estimate of drug-likeness (QED) is 0.643. The van der Waals surface area contributed by atoms with E-state index in [9.17, 15) is 0 Å². The Labute approximate surface area is 74.7 Å². The lowest BCUT2D eigenvalue weighted by Crippen LogP contribution is -2.29. The van der Waals surface area contributed by atoms with Crippen LogP contribution in [0.2, 0.25) is 0 Å². The van der Waals surface area contributed by atoms with E-state index in [0.29, 0.717) is 12.1 Å². The zero-order chi connectivity index (χ0) is 8.39. The molecule has 2 fully saturated rings. The summed E-state index contributed by atoms with van der Waals surface area (Å²) in [6, 6.07) is 0.709. The van der Waals surface area contributed by atoms with Crippen molar-refractivity contribution in [2.45, 2.75) is 44.8 Å². The summed E-state index contributed by atoms with van der Waals surface area (Å²) in [5.41, 5.74) is 0. The Hall–Kier alpha value is -0.0800. The normalized spacial score (nSPS) is 43.2. The van der Waals surface area contributed by atoms with Gasteiger partial charge < -0.3 is 10.1 Å². The van der Waals surface area contributed by atoms with Gasteiger partial charge in [-0.2, -0.15) is 0 Å². The fourth-order valence-corrected chi connectivity index (χ4v) is 2.39. The monoisotopic (exact) mass is 169 g/mol. The predicted octanol–water partition coefficient (Wildman–Crippen LogP) is 1.55. The van der Waals surface area contributed by atoms with Crippen LogP contribution < -0.4 is 5.32 Å². The first-order valence-corrected chi connectivity index (χ1v) is 5.21. The van der Waals surface area contributed by atoms with Crippen molar-refractivity contribution >= 4 is 0 Å². The highest BCUT2D eigenvalue weighted by Crippen LogP contribution is 2.26. The summed E-state index contributed by atoms with van der Waals surface area (Å²) in [5, 5.41) is 3.49. The minimum absolute atomic E-state index is 0.566. The van der Waals surface area contributed by atoms with Crippen molar-refractivity contribution in [1.82, 2.24) is 5.32 Å². The molecule has 12 heavy (non-hydrogen) atoms. The maximum Gasteiger partial charge on any atom is 0.0616 e. The summed E-state index contributed by atoms with van der Waals surface area (Å²) < 4.78 is 5.77. The van der Waals surface area contributed by atoms with Crippen LogP contribution in [0.5, 0.6) is 0 Å². The molecule has 3 unspecified atom stereocenters. The van der Waals surface area contributed by atoms with Crippen LogP contribution in [0.25, 0.3) is 0 Å². The molecule has 0 aromatic carbocycles. The first kappa shape index (κ1) is 8.52. The van der Waals surface area contributed by atoms with E-state index in [1.54, 1.807) is 0 Å². The second-order valence-corrected chi connectivity index (χ2v) is 4.21. The van der Waals surface area contributed by atoms with E-state index < -0.39 is 0 Å². The topological polar surface area (TPSA) is 21.3 Å². The summed E-state index contributed by atoms with van der Waals surface area (Å²) in [6.07, 6.45) is 5.81. The third-order valence-corrected chi connectivity index (χ3v) is 3.13. The van der Waals surface area contributed by atoms with Crippen molar-refractivity contribution in [3.05, 3.63) is 0 Å². The van der Waals surface area contributed by atoms with Crippen LogP contribution in [0.3, 0.4) is 0 Å². The van der Waals surface area contributed by atoms with Gasteiger partial charge in [0.25, 0.3) is 0 Å². The number of ether oxygens (including phenoxy) is 1. The number of hydrogen-bond acceptors (Lipinski definition) is 2. The third-order valence-electron chi connectivity index (χ3n) is 3.13. The smallest absolute Gasteiger partial charge is 0.0616 e. The maximum absolute atomic E-state index is 5.77. The Balaban J connectivity index is 1.83.